The van der Waals surface area contributed by atoms with Crippen molar-refractivity contribution in [1.82, 2.24) is 0 Å². The summed E-state index contributed by atoms with van der Waals surface area (Å²) in [6.07, 6.45) is 11.2. The topological polar surface area (TPSA) is 12.4 Å². The van der Waals surface area contributed by atoms with Crippen molar-refractivity contribution in [3.63, 3.8) is 0 Å². The summed E-state index contributed by atoms with van der Waals surface area (Å²) in [5.41, 5.74) is 5.59. The predicted molar refractivity (Wildman–Crippen MR) is 107 cm³/mol. The van der Waals surface area contributed by atoms with E-state index < -0.39 is 0 Å². The van der Waals surface area contributed by atoms with E-state index in [0.717, 1.165) is 18.1 Å². The van der Waals surface area contributed by atoms with E-state index in [1.165, 1.54) is 36.8 Å². The number of hydrogen-bond acceptors (Lipinski definition) is 1. The molecular formula is C23H33N. The lowest BCUT2D eigenvalue weighted by Gasteiger charge is -2.25. The minimum atomic E-state index is 0.272. The number of benzene rings is 1. The van der Waals surface area contributed by atoms with E-state index in [1.54, 1.807) is 5.57 Å². The Morgan fingerprint density at radius 3 is 2.25 bits per heavy atom. The Bertz CT molecular complexity index is 605. The molecule has 130 valence electrons. The van der Waals surface area contributed by atoms with Crippen LogP contribution in [0.25, 0.3) is 0 Å². The van der Waals surface area contributed by atoms with Gasteiger partial charge in [0.1, 0.15) is 0 Å². The monoisotopic (exact) mass is 323 g/mol. The van der Waals surface area contributed by atoms with Gasteiger partial charge in [0.25, 0.3) is 0 Å². The fourth-order valence-corrected chi connectivity index (χ4v) is 3.78. The van der Waals surface area contributed by atoms with Gasteiger partial charge in [0.15, 0.2) is 0 Å². The highest BCUT2D eigenvalue weighted by Crippen LogP contribution is 2.39. The molecule has 1 heteroatoms. The molecule has 1 saturated carbocycles. The molecule has 1 aliphatic rings. The third kappa shape index (κ3) is 5.19. The quantitative estimate of drug-likeness (QED) is 0.427. The summed E-state index contributed by atoms with van der Waals surface area (Å²) in [5.74, 6) is 0.734. The lowest BCUT2D eigenvalue weighted by atomic mass is 9.80. The van der Waals surface area contributed by atoms with Crippen molar-refractivity contribution in [2.24, 2.45) is 16.3 Å². The van der Waals surface area contributed by atoms with Crippen LogP contribution in [0.2, 0.25) is 0 Å². The van der Waals surface area contributed by atoms with Crippen LogP contribution in [0, 0.1) is 11.3 Å². The van der Waals surface area contributed by atoms with Gasteiger partial charge in [-0.05, 0) is 60.3 Å². The van der Waals surface area contributed by atoms with Crippen molar-refractivity contribution in [3.8, 4) is 0 Å². The Hall–Kier alpha value is -1.63. The van der Waals surface area contributed by atoms with Crippen molar-refractivity contribution >= 4 is 5.71 Å². The Morgan fingerprint density at radius 2 is 1.75 bits per heavy atom. The molecule has 0 heterocycles. The van der Waals surface area contributed by atoms with Gasteiger partial charge in [0, 0.05) is 7.05 Å². The maximum Gasteiger partial charge on any atom is 0.0645 e. The van der Waals surface area contributed by atoms with Crippen LogP contribution in [0.5, 0.6) is 0 Å². The summed E-state index contributed by atoms with van der Waals surface area (Å²) in [6.45, 7) is 9.19. The Balaban J connectivity index is 2.40. The van der Waals surface area contributed by atoms with Crippen LogP contribution in [0.15, 0.2) is 58.6 Å². The van der Waals surface area contributed by atoms with Crippen molar-refractivity contribution in [1.29, 1.82) is 0 Å². The van der Waals surface area contributed by atoms with E-state index in [-0.39, 0.29) is 5.41 Å². The molecular weight excluding hydrogens is 290 g/mol. The molecule has 0 atom stereocenters. The largest absolute Gasteiger partial charge is 0.288 e. The minimum Gasteiger partial charge on any atom is -0.288 e. The summed E-state index contributed by atoms with van der Waals surface area (Å²) in [6, 6.07) is 10.5. The first-order chi connectivity index (χ1) is 11.4. The Kier molecular flexibility index (Phi) is 6.60. The number of nitrogens with zero attached hydrogens (tertiary/aromatic N) is 1. The molecule has 0 saturated heterocycles. The highest BCUT2D eigenvalue weighted by Gasteiger charge is 2.24. The third-order valence-corrected chi connectivity index (χ3v) is 4.82. The van der Waals surface area contributed by atoms with Crippen LogP contribution >= 0.6 is 0 Å². The van der Waals surface area contributed by atoms with E-state index in [4.69, 9.17) is 0 Å². The van der Waals surface area contributed by atoms with Gasteiger partial charge in [-0.15, -0.1) is 0 Å². The van der Waals surface area contributed by atoms with E-state index in [1.807, 2.05) is 7.05 Å². The van der Waals surface area contributed by atoms with Crippen LogP contribution in [-0.4, -0.2) is 12.8 Å². The smallest absolute Gasteiger partial charge is 0.0645 e. The maximum absolute atomic E-state index is 4.58. The predicted octanol–water partition coefficient (Wildman–Crippen LogP) is 6.60. The number of hydrogen-bond donors (Lipinski definition) is 0. The van der Waals surface area contributed by atoms with Crippen LogP contribution in [-0.2, 0) is 0 Å². The van der Waals surface area contributed by atoms with Gasteiger partial charge in [-0.2, -0.15) is 0 Å². The van der Waals surface area contributed by atoms with E-state index in [2.05, 4.69) is 75.2 Å². The van der Waals surface area contributed by atoms with E-state index in [9.17, 15) is 0 Å². The van der Waals surface area contributed by atoms with Gasteiger partial charge >= 0.3 is 0 Å². The normalized spacial score (nSPS) is 18.3. The number of allylic oxidation sites excluding steroid dienone is 4. The average molecular weight is 324 g/mol. The van der Waals surface area contributed by atoms with E-state index in [0.29, 0.717) is 0 Å². The molecule has 24 heavy (non-hydrogen) atoms. The van der Waals surface area contributed by atoms with Gasteiger partial charge in [0.2, 0.25) is 0 Å². The van der Waals surface area contributed by atoms with Gasteiger partial charge in [-0.3, -0.25) is 4.99 Å². The van der Waals surface area contributed by atoms with Crippen molar-refractivity contribution < 1.29 is 0 Å². The molecule has 1 aromatic rings. The molecule has 0 aliphatic heterocycles. The molecule has 0 spiro atoms. The summed E-state index contributed by atoms with van der Waals surface area (Å²) in [7, 11) is 1.90. The summed E-state index contributed by atoms with van der Waals surface area (Å²) < 4.78 is 0. The first kappa shape index (κ1) is 18.7. The van der Waals surface area contributed by atoms with Gasteiger partial charge < -0.3 is 0 Å². The standard InChI is InChI=1S/C23H33N/c1-6-21(18-12-10-11-13-18)20(17-23(2,3)4)16-22(24-5)19-14-8-7-9-15-19/h6-9,14-16,18H,10-13,17H2,1-5H3/b20-16-,21-6-,24-22-. The number of rotatable bonds is 5. The zero-order valence-corrected chi connectivity index (χ0v) is 16.1. The van der Waals surface area contributed by atoms with Crippen LogP contribution in [0.1, 0.15) is 65.4 Å². The second-order valence-corrected chi connectivity index (χ2v) is 8.11. The second-order valence-electron chi connectivity index (χ2n) is 8.11. The summed E-state index contributed by atoms with van der Waals surface area (Å²) in [4.78, 5) is 4.58. The molecule has 1 aromatic carbocycles. The highest BCUT2D eigenvalue weighted by molar-refractivity contribution is 6.09. The molecule has 0 N–H and O–H groups in total. The molecule has 0 bridgehead atoms. The van der Waals surface area contributed by atoms with Gasteiger partial charge in [0.05, 0.1) is 5.71 Å². The first-order valence-corrected chi connectivity index (χ1v) is 9.34. The maximum atomic E-state index is 4.58. The average Bonchev–Trinajstić information content (AvgIpc) is 3.06. The van der Waals surface area contributed by atoms with Crippen molar-refractivity contribution in [2.75, 3.05) is 7.05 Å². The van der Waals surface area contributed by atoms with Crippen LogP contribution in [0.4, 0.5) is 0 Å². The zero-order chi connectivity index (χ0) is 17.6. The molecule has 0 aromatic heterocycles. The molecule has 1 fully saturated rings. The molecule has 0 unspecified atom stereocenters. The summed E-state index contributed by atoms with van der Waals surface area (Å²) >= 11 is 0. The Labute approximate surface area is 148 Å². The lowest BCUT2D eigenvalue weighted by Crippen LogP contribution is -2.13. The SMILES string of the molecule is C\C=C(/C(=C\C(=N\C)c1ccccc1)CC(C)(C)C)C1CCCC1. The Morgan fingerprint density at radius 1 is 1.12 bits per heavy atom. The first-order valence-electron chi connectivity index (χ1n) is 9.34. The van der Waals surface area contributed by atoms with Crippen molar-refractivity contribution in [2.45, 2.75) is 59.8 Å². The number of aliphatic imine (C=N–C) groups is 1. The van der Waals surface area contributed by atoms with Gasteiger partial charge in [-0.25, -0.2) is 0 Å². The highest BCUT2D eigenvalue weighted by atomic mass is 14.7. The third-order valence-electron chi connectivity index (χ3n) is 4.82. The molecule has 1 aliphatic carbocycles. The second kappa shape index (κ2) is 8.46. The van der Waals surface area contributed by atoms with Crippen LogP contribution in [0.3, 0.4) is 0 Å². The lowest BCUT2D eigenvalue weighted by molar-refractivity contribution is 0.407. The molecule has 1 nitrogen and oxygen atoms in total. The minimum absolute atomic E-state index is 0.272. The fraction of sp³-hybridized carbons (Fsp3) is 0.522. The molecule has 0 amide bonds. The van der Waals surface area contributed by atoms with E-state index >= 15 is 0 Å². The molecule has 2 rings (SSSR count). The van der Waals surface area contributed by atoms with Gasteiger partial charge in [-0.1, -0.05) is 70.0 Å². The zero-order valence-electron chi connectivity index (χ0n) is 16.1. The van der Waals surface area contributed by atoms with Crippen LogP contribution < -0.4 is 0 Å². The molecule has 0 radical (unpaired) electrons. The summed E-state index contributed by atoms with van der Waals surface area (Å²) in [5, 5.41) is 0. The fourth-order valence-electron chi connectivity index (χ4n) is 3.78. The van der Waals surface area contributed by atoms with Crippen molar-refractivity contribution in [3.05, 3.63) is 59.2 Å².